The lowest BCUT2D eigenvalue weighted by Crippen LogP contribution is -2.27. The number of carboxylic acid groups (broad SMARTS) is 1. The number of rotatable bonds is 2. The van der Waals surface area contributed by atoms with Crippen LogP contribution in [0.3, 0.4) is 0 Å². The molecule has 0 aliphatic rings. The van der Waals surface area contributed by atoms with Crippen LogP contribution in [0.15, 0.2) is 21.5 Å². The molecule has 0 aromatic carbocycles. The van der Waals surface area contributed by atoms with Crippen LogP contribution >= 0.6 is 15.9 Å². The van der Waals surface area contributed by atoms with Crippen LogP contribution in [0, 0.1) is 0 Å². The van der Waals surface area contributed by atoms with Crippen LogP contribution in [0.2, 0.25) is 0 Å². The minimum atomic E-state index is -1.29. The third-order valence-electron chi connectivity index (χ3n) is 1.50. The summed E-state index contributed by atoms with van der Waals surface area (Å²) < 4.78 is 0.582. The van der Waals surface area contributed by atoms with Gasteiger partial charge >= 0.3 is 5.97 Å². The zero-order valence-corrected chi connectivity index (χ0v) is 8.04. The van der Waals surface area contributed by atoms with Crippen LogP contribution in [0.5, 0.6) is 0 Å². The van der Waals surface area contributed by atoms with Gasteiger partial charge in [0.1, 0.15) is 6.04 Å². The Morgan fingerprint density at radius 3 is 2.85 bits per heavy atom. The number of nitrogens with two attached hydrogens (primary N) is 1. The summed E-state index contributed by atoms with van der Waals surface area (Å²) in [6.45, 7) is 0. The van der Waals surface area contributed by atoms with Gasteiger partial charge in [0.15, 0.2) is 0 Å². The van der Waals surface area contributed by atoms with E-state index in [0.29, 0.717) is 4.47 Å². The highest BCUT2D eigenvalue weighted by Gasteiger charge is 2.17. The molecule has 6 heteroatoms. The molecular weight excluding hydrogens is 240 g/mol. The van der Waals surface area contributed by atoms with E-state index in [9.17, 15) is 9.59 Å². The first-order valence-corrected chi connectivity index (χ1v) is 4.18. The predicted octanol–water partition coefficient (Wildman–Crippen LogP) is 0.222. The first kappa shape index (κ1) is 9.94. The molecule has 5 nitrogen and oxygen atoms in total. The fraction of sp³-hybridized carbons (Fsp3) is 0.143. The normalized spacial score (nSPS) is 12.5. The first-order valence-electron chi connectivity index (χ1n) is 3.39. The average molecular weight is 247 g/mol. The quantitative estimate of drug-likeness (QED) is 0.696. The molecule has 70 valence electrons. The number of hydrogen-bond acceptors (Lipinski definition) is 3. The Bertz CT molecular complexity index is 388. The van der Waals surface area contributed by atoms with E-state index in [-0.39, 0.29) is 5.56 Å². The number of carbonyl (C=O) groups is 1. The fourth-order valence-electron chi connectivity index (χ4n) is 0.838. The minimum Gasteiger partial charge on any atom is -0.480 e. The second-order valence-electron chi connectivity index (χ2n) is 2.42. The van der Waals surface area contributed by atoms with Gasteiger partial charge in [0.2, 0.25) is 0 Å². The molecule has 0 spiro atoms. The molecule has 1 heterocycles. The molecule has 1 rings (SSSR count). The number of aliphatic carboxylic acids is 1. The summed E-state index contributed by atoms with van der Waals surface area (Å²) in [5, 5.41) is 8.56. The number of aromatic nitrogens is 1. The zero-order valence-electron chi connectivity index (χ0n) is 6.45. The molecule has 0 amide bonds. The Morgan fingerprint density at radius 2 is 2.31 bits per heavy atom. The van der Waals surface area contributed by atoms with Crippen molar-refractivity contribution in [2.75, 3.05) is 0 Å². The van der Waals surface area contributed by atoms with E-state index in [0.717, 1.165) is 0 Å². The summed E-state index contributed by atoms with van der Waals surface area (Å²) in [7, 11) is 0. The van der Waals surface area contributed by atoms with E-state index < -0.39 is 17.6 Å². The van der Waals surface area contributed by atoms with Crippen molar-refractivity contribution in [1.82, 2.24) is 4.98 Å². The Morgan fingerprint density at radius 1 is 1.69 bits per heavy atom. The highest BCUT2D eigenvalue weighted by atomic mass is 79.9. The Hall–Kier alpha value is -1.14. The molecule has 0 saturated carbocycles. The van der Waals surface area contributed by atoms with Gasteiger partial charge in [-0.2, -0.15) is 0 Å². The van der Waals surface area contributed by atoms with Gasteiger partial charge in [-0.15, -0.1) is 0 Å². The van der Waals surface area contributed by atoms with E-state index in [1.807, 2.05) is 0 Å². The maximum absolute atomic E-state index is 11.1. The van der Waals surface area contributed by atoms with E-state index >= 15 is 0 Å². The van der Waals surface area contributed by atoms with E-state index in [2.05, 4.69) is 20.9 Å². The smallest absolute Gasteiger partial charge is 0.325 e. The van der Waals surface area contributed by atoms with Crippen LogP contribution in [0.1, 0.15) is 11.6 Å². The van der Waals surface area contributed by atoms with Crippen molar-refractivity contribution >= 4 is 21.9 Å². The maximum Gasteiger partial charge on any atom is 0.325 e. The molecule has 0 saturated heterocycles. The van der Waals surface area contributed by atoms with Gasteiger partial charge in [-0.1, -0.05) is 0 Å². The van der Waals surface area contributed by atoms with E-state index in [1.54, 1.807) is 0 Å². The molecule has 1 aromatic rings. The largest absolute Gasteiger partial charge is 0.480 e. The zero-order chi connectivity index (χ0) is 10.0. The van der Waals surface area contributed by atoms with Gasteiger partial charge in [0.25, 0.3) is 5.56 Å². The summed E-state index contributed by atoms with van der Waals surface area (Å²) in [5.74, 6) is -1.23. The Kier molecular flexibility index (Phi) is 2.84. The number of pyridine rings is 1. The second-order valence-corrected chi connectivity index (χ2v) is 3.33. The summed E-state index contributed by atoms with van der Waals surface area (Å²) >= 11 is 3.10. The molecule has 0 unspecified atom stereocenters. The summed E-state index contributed by atoms with van der Waals surface area (Å²) in [6, 6.07) is 0.0960. The number of carboxylic acids is 1. The monoisotopic (exact) mass is 246 g/mol. The van der Waals surface area contributed by atoms with Gasteiger partial charge in [0.05, 0.1) is 0 Å². The highest BCUT2D eigenvalue weighted by Crippen LogP contribution is 2.11. The molecule has 0 aliphatic heterocycles. The molecule has 13 heavy (non-hydrogen) atoms. The molecule has 0 fully saturated rings. The lowest BCUT2D eigenvalue weighted by Gasteiger charge is -2.04. The van der Waals surface area contributed by atoms with Crippen molar-refractivity contribution in [3.05, 3.63) is 32.7 Å². The molecule has 0 bridgehead atoms. The topological polar surface area (TPSA) is 96.2 Å². The summed E-state index contributed by atoms with van der Waals surface area (Å²) in [6.07, 6.45) is 1.42. The SMILES string of the molecule is N[C@@H](C(=O)O)c1cc(Br)c[nH]c1=O. The van der Waals surface area contributed by atoms with Gasteiger partial charge in [-0.25, -0.2) is 0 Å². The van der Waals surface area contributed by atoms with E-state index in [1.165, 1.54) is 12.3 Å². The lowest BCUT2D eigenvalue weighted by atomic mass is 10.1. The van der Waals surface area contributed by atoms with Crippen molar-refractivity contribution < 1.29 is 9.90 Å². The Labute approximate surface area is 81.7 Å². The van der Waals surface area contributed by atoms with Crippen LogP contribution in [-0.2, 0) is 4.79 Å². The summed E-state index contributed by atoms with van der Waals surface area (Å²) in [4.78, 5) is 23.9. The van der Waals surface area contributed by atoms with Crippen molar-refractivity contribution in [3.8, 4) is 0 Å². The third kappa shape index (κ3) is 2.16. The average Bonchev–Trinajstić information content (AvgIpc) is 2.08. The number of nitrogens with one attached hydrogen (secondary N) is 1. The molecule has 1 aromatic heterocycles. The number of halogens is 1. The molecule has 0 aliphatic carbocycles. The van der Waals surface area contributed by atoms with Crippen molar-refractivity contribution in [3.63, 3.8) is 0 Å². The molecule has 4 N–H and O–H groups in total. The van der Waals surface area contributed by atoms with Crippen LogP contribution in [-0.4, -0.2) is 16.1 Å². The van der Waals surface area contributed by atoms with Crippen LogP contribution in [0.25, 0.3) is 0 Å². The highest BCUT2D eigenvalue weighted by molar-refractivity contribution is 9.10. The van der Waals surface area contributed by atoms with Crippen molar-refractivity contribution in [2.45, 2.75) is 6.04 Å². The summed E-state index contributed by atoms with van der Waals surface area (Å²) in [5.41, 5.74) is 4.81. The van der Waals surface area contributed by atoms with Gasteiger partial charge in [0, 0.05) is 16.2 Å². The Balaban J connectivity index is 3.21. The van der Waals surface area contributed by atoms with Crippen molar-refractivity contribution in [1.29, 1.82) is 0 Å². The number of H-pyrrole nitrogens is 1. The predicted molar refractivity (Wildman–Crippen MR) is 49.3 cm³/mol. The van der Waals surface area contributed by atoms with Crippen LogP contribution in [0.4, 0.5) is 0 Å². The second kappa shape index (κ2) is 3.71. The third-order valence-corrected chi connectivity index (χ3v) is 1.96. The van der Waals surface area contributed by atoms with Gasteiger partial charge in [-0.3, -0.25) is 9.59 Å². The molecule has 0 radical (unpaired) electrons. The van der Waals surface area contributed by atoms with Gasteiger partial charge < -0.3 is 15.8 Å². The standard InChI is InChI=1S/C7H7BrN2O3/c8-3-1-4(5(9)7(12)13)6(11)10-2-3/h1-2,5H,9H2,(H,10,11)(H,12,13)/t5-/m1/s1. The number of aromatic amines is 1. The van der Waals surface area contributed by atoms with Crippen LogP contribution < -0.4 is 11.3 Å². The van der Waals surface area contributed by atoms with Crippen molar-refractivity contribution in [2.24, 2.45) is 5.73 Å². The minimum absolute atomic E-state index is 0.0295. The van der Waals surface area contributed by atoms with Gasteiger partial charge in [-0.05, 0) is 22.0 Å². The van der Waals surface area contributed by atoms with E-state index in [4.69, 9.17) is 10.8 Å². The molecular formula is C7H7BrN2O3. The lowest BCUT2D eigenvalue weighted by molar-refractivity contribution is -0.138. The number of hydrogen-bond donors (Lipinski definition) is 3. The molecule has 1 atom stereocenters. The maximum atomic E-state index is 11.1. The first-order chi connectivity index (χ1) is 6.02. The fourth-order valence-corrected chi connectivity index (χ4v) is 1.20.